The molecule has 0 aliphatic heterocycles. The fraction of sp³-hybridized carbons (Fsp3) is 0.308. The van der Waals surface area contributed by atoms with Crippen molar-refractivity contribution < 1.29 is 14.3 Å². The first-order valence-electron chi connectivity index (χ1n) is 11.5. The third kappa shape index (κ3) is 4.90. The van der Waals surface area contributed by atoms with E-state index in [2.05, 4.69) is 30.3 Å². The maximum atomic E-state index is 13.4. The smallest absolute Gasteiger partial charge is 0.413 e. The van der Waals surface area contributed by atoms with Gasteiger partial charge in [-0.25, -0.2) is 14.5 Å². The van der Waals surface area contributed by atoms with Crippen LogP contribution < -0.4 is 10.2 Å². The minimum Gasteiger partial charge on any atom is -0.449 e. The topological polar surface area (TPSA) is 89.3 Å². The van der Waals surface area contributed by atoms with E-state index in [1.807, 2.05) is 24.6 Å². The average Bonchev–Trinajstić information content (AvgIpc) is 3.40. The second-order valence-corrected chi connectivity index (χ2v) is 10.0. The molecule has 1 N–H and O–H groups in total. The number of amides is 2. The number of fused-ring (bicyclic) bond motifs is 1. The molecule has 182 valence electrons. The lowest BCUT2D eigenvalue weighted by molar-refractivity contribution is 0.102. The molecule has 8 nitrogen and oxygen atoms in total. The average molecular weight is 492 g/mol. The Morgan fingerprint density at radius 1 is 1.17 bits per heavy atom. The zero-order chi connectivity index (χ0) is 25.3. The lowest BCUT2D eigenvalue weighted by Crippen LogP contribution is -2.26. The number of carbonyl (C=O) groups excluding carboxylic acids is 2. The second-order valence-electron chi connectivity index (χ2n) is 8.56. The van der Waals surface area contributed by atoms with Gasteiger partial charge in [-0.05, 0) is 71.0 Å². The van der Waals surface area contributed by atoms with E-state index in [0.717, 1.165) is 16.1 Å². The predicted molar refractivity (Wildman–Crippen MR) is 141 cm³/mol. The monoisotopic (exact) mass is 491 g/mol. The Morgan fingerprint density at radius 3 is 2.49 bits per heavy atom. The normalized spacial score (nSPS) is 11.2. The number of hydrogen-bond donors (Lipinski definition) is 1. The van der Waals surface area contributed by atoms with E-state index in [0.29, 0.717) is 34.6 Å². The van der Waals surface area contributed by atoms with Gasteiger partial charge in [-0.3, -0.25) is 9.69 Å². The molecule has 3 aromatic heterocycles. The Hall–Kier alpha value is -3.72. The number of pyridine rings is 1. The highest BCUT2D eigenvalue weighted by atomic mass is 32.1. The van der Waals surface area contributed by atoms with E-state index < -0.39 is 6.09 Å². The summed E-state index contributed by atoms with van der Waals surface area (Å²) < 4.78 is 6.87. The van der Waals surface area contributed by atoms with Crippen molar-refractivity contribution in [2.24, 2.45) is 0 Å². The quantitative estimate of drug-likeness (QED) is 0.347. The van der Waals surface area contributed by atoms with Gasteiger partial charge in [0.2, 0.25) is 0 Å². The fourth-order valence-electron chi connectivity index (χ4n) is 3.90. The van der Waals surface area contributed by atoms with Crippen LogP contribution in [0.15, 0.2) is 42.6 Å². The maximum Gasteiger partial charge on any atom is 0.413 e. The van der Waals surface area contributed by atoms with Gasteiger partial charge in [0.05, 0.1) is 29.4 Å². The molecule has 0 spiro atoms. The highest BCUT2D eigenvalue weighted by Gasteiger charge is 2.20. The van der Waals surface area contributed by atoms with Crippen LogP contribution >= 0.6 is 11.3 Å². The molecular formula is C26H29N5O3S. The van der Waals surface area contributed by atoms with Gasteiger partial charge in [0.25, 0.3) is 5.91 Å². The summed E-state index contributed by atoms with van der Waals surface area (Å²) in [5.41, 5.74) is 4.23. The first-order chi connectivity index (χ1) is 16.7. The summed E-state index contributed by atoms with van der Waals surface area (Å²) >= 11 is 1.71. The molecular weight excluding hydrogens is 462 g/mol. The first kappa shape index (κ1) is 24.4. The Balaban J connectivity index is 1.69. The zero-order valence-electron chi connectivity index (χ0n) is 20.7. The van der Waals surface area contributed by atoms with Gasteiger partial charge in [0.15, 0.2) is 5.65 Å². The summed E-state index contributed by atoms with van der Waals surface area (Å²) in [6.07, 6.45) is 1.27. The van der Waals surface area contributed by atoms with Gasteiger partial charge in [-0.1, -0.05) is 0 Å². The molecule has 0 unspecified atom stereocenters. The van der Waals surface area contributed by atoms with Crippen LogP contribution in [0.3, 0.4) is 0 Å². The van der Waals surface area contributed by atoms with E-state index >= 15 is 0 Å². The highest BCUT2D eigenvalue weighted by Crippen LogP contribution is 2.33. The summed E-state index contributed by atoms with van der Waals surface area (Å²) in [5.74, 6) is -0.252. The van der Waals surface area contributed by atoms with E-state index in [9.17, 15) is 9.59 Å². The lowest BCUT2D eigenvalue weighted by atomic mass is 10.1. The number of ether oxygens (including phenoxy) is 1. The molecule has 0 bridgehead atoms. The van der Waals surface area contributed by atoms with Gasteiger partial charge in [0.1, 0.15) is 0 Å². The Morgan fingerprint density at radius 2 is 1.89 bits per heavy atom. The molecule has 0 saturated carbocycles. The standard InChI is InChI=1S/C26H29N5O3S/c1-7-34-26(33)30(6)19-10-8-18(9-11-19)28-25(32)21-13-23(20-12-16(4)35-17(20)5)29-24-22(21)14-27-31(24)15(2)3/h8-15H,7H2,1-6H3,(H,28,32). The summed E-state index contributed by atoms with van der Waals surface area (Å²) in [6.45, 7) is 10.3. The third-order valence-corrected chi connectivity index (χ3v) is 6.64. The summed E-state index contributed by atoms with van der Waals surface area (Å²) in [4.78, 5) is 34.0. The van der Waals surface area contributed by atoms with Crippen LogP contribution in [0, 0.1) is 13.8 Å². The number of rotatable bonds is 6. The molecule has 0 aliphatic rings. The molecule has 35 heavy (non-hydrogen) atoms. The molecule has 0 aliphatic carbocycles. The van der Waals surface area contributed by atoms with Crippen molar-refractivity contribution >= 4 is 45.7 Å². The van der Waals surface area contributed by atoms with Gasteiger partial charge < -0.3 is 10.1 Å². The Labute approximate surface area is 208 Å². The molecule has 4 rings (SSSR count). The van der Waals surface area contributed by atoms with Crippen LogP contribution in [0.1, 0.15) is 46.9 Å². The maximum absolute atomic E-state index is 13.4. The number of nitrogens with zero attached hydrogens (tertiary/aromatic N) is 4. The molecule has 1 aromatic carbocycles. The molecule has 2 amide bonds. The number of nitrogens with one attached hydrogen (secondary N) is 1. The minimum absolute atomic E-state index is 0.0976. The number of hydrogen-bond acceptors (Lipinski definition) is 6. The van der Waals surface area contributed by atoms with Crippen LogP contribution in [0.4, 0.5) is 16.2 Å². The number of aryl methyl sites for hydroxylation is 2. The van der Waals surface area contributed by atoms with Crippen LogP contribution in [-0.2, 0) is 4.74 Å². The van der Waals surface area contributed by atoms with Crippen molar-refractivity contribution in [1.29, 1.82) is 0 Å². The van der Waals surface area contributed by atoms with E-state index in [-0.39, 0.29) is 11.9 Å². The van der Waals surface area contributed by atoms with E-state index in [4.69, 9.17) is 9.72 Å². The summed E-state index contributed by atoms with van der Waals surface area (Å²) in [7, 11) is 1.64. The first-order valence-corrected chi connectivity index (χ1v) is 12.3. The Bertz CT molecular complexity index is 1390. The molecule has 0 fully saturated rings. The van der Waals surface area contributed by atoms with Gasteiger partial charge >= 0.3 is 6.09 Å². The third-order valence-electron chi connectivity index (χ3n) is 5.67. The Kier molecular flexibility index (Phi) is 6.88. The van der Waals surface area contributed by atoms with Crippen LogP contribution in [0.5, 0.6) is 0 Å². The van der Waals surface area contributed by atoms with Crippen molar-refractivity contribution in [3.63, 3.8) is 0 Å². The number of carbonyl (C=O) groups is 2. The zero-order valence-corrected chi connectivity index (χ0v) is 21.6. The fourth-order valence-corrected chi connectivity index (χ4v) is 4.83. The number of aromatic nitrogens is 3. The van der Waals surface area contributed by atoms with Crippen molar-refractivity contribution in [3.8, 4) is 11.3 Å². The second kappa shape index (κ2) is 9.87. The van der Waals surface area contributed by atoms with Gasteiger partial charge in [-0.15, -0.1) is 11.3 Å². The summed E-state index contributed by atoms with van der Waals surface area (Å²) in [6, 6.07) is 11.1. The molecule has 0 radical (unpaired) electrons. The molecule has 4 aromatic rings. The van der Waals surface area contributed by atoms with Gasteiger partial charge in [-0.2, -0.15) is 5.10 Å². The largest absolute Gasteiger partial charge is 0.449 e. The van der Waals surface area contributed by atoms with E-state index in [1.165, 1.54) is 9.78 Å². The van der Waals surface area contributed by atoms with Crippen LogP contribution in [0.2, 0.25) is 0 Å². The summed E-state index contributed by atoms with van der Waals surface area (Å²) in [5, 5.41) is 8.17. The lowest BCUT2D eigenvalue weighted by Gasteiger charge is -2.17. The van der Waals surface area contributed by atoms with Crippen LogP contribution in [-0.4, -0.2) is 40.4 Å². The van der Waals surface area contributed by atoms with Crippen LogP contribution in [0.25, 0.3) is 22.3 Å². The molecule has 0 atom stereocenters. The van der Waals surface area contributed by atoms with E-state index in [1.54, 1.807) is 55.8 Å². The SMILES string of the molecule is CCOC(=O)N(C)c1ccc(NC(=O)c2cc(-c3cc(C)sc3C)nc3c2cnn3C(C)C)cc1. The number of anilines is 2. The number of benzene rings is 1. The molecule has 3 heterocycles. The van der Waals surface area contributed by atoms with Crippen molar-refractivity contribution in [2.45, 2.75) is 40.7 Å². The molecule has 9 heteroatoms. The number of thiophene rings is 1. The van der Waals surface area contributed by atoms with Crippen molar-refractivity contribution in [1.82, 2.24) is 14.8 Å². The van der Waals surface area contributed by atoms with Crippen molar-refractivity contribution in [3.05, 3.63) is 57.9 Å². The predicted octanol–water partition coefficient (Wildman–Crippen LogP) is 6.20. The highest BCUT2D eigenvalue weighted by molar-refractivity contribution is 7.12. The molecule has 0 saturated heterocycles. The minimum atomic E-state index is -0.433. The van der Waals surface area contributed by atoms with Crippen molar-refractivity contribution in [2.75, 3.05) is 23.9 Å². The van der Waals surface area contributed by atoms with Gasteiger partial charge in [0, 0.05) is 39.8 Å².